The van der Waals surface area contributed by atoms with Crippen molar-refractivity contribution in [2.24, 2.45) is 4.99 Å². The van der Waals surface area contributed by atoms with Crippen LogP contribution in [0.1, 0.15) is 23.6 Å². The van der Waals surface area contributed by atoms with Crippen molar-refractivity contribution in [3.05, 3.63) is 59.2 Å². The average molecular weight is 382 g/mol. The summed E-state index contributed by atoms with van der Waals surface area (Å²) >= 11 is 1.30. The summed E-state index contributed by atoms with van der Waals surface area (Å²) in [4.78, 5) is 30.8. The van der Waals surface area contributed by atoms with Crippen LogP contribution in [0.25, 0.3) is 0 Å². The third-order valence-electron chi connectivity index (χ3n) is 4.37. The molecule has 2 aromatic rings. The Bertz CT molecular complexity index is 906. The Morgan fingerprint density at radius 2 is 1.78 bits per heavy atom. The first-order chi connectivity index (χ1) is 12.8. The fraction of sp³-hybridized carbons (Fsp3) is 0.286. The Hall–Kier alpha value is -2.60. The van der Waals surface area contributed by atoms with Crippen molar-refractivity contribution >= 4 is 40.1 Å². The molecule has 1 heterocycles. The summed E-state index contributed by atoms with van der Waals surface area (Å²) in [5.74, 6) is -0.193. The molecular weight excluding hydrogens is 358 g/mol. The maximum absolute atomic E-state index is 12.6. The van der Waals surface area contributed by atoms with E-state index in [1.807, 2.05) is 70.2 Å². The van der Waals surface area contributed by atoms with Gasteiger partial charge in [-0.15, -0.1) is 0 Å². The lowest BCUT2D eigenvalue weighted by molar-refractivity contribution is -0.116. The average Bonchev–Trinajstić information content (AvgIpc) is 2.98. The van der Waals surface area contributed by atoms with Crippen LogP contribution in [-0.2, 0) is 9.59 Å². The zero-order chi connectivity index (χ0) is 19.6. The minimum absolute atomic E-state index is 0.0802. The minimum atomic E-state index is -0.386. The molecule has 0 saturated carbocycles. The zero-order valence-electron chi connectivity index (χ0n) is 15.9. The number of amidine groups is 1. The lowest BCUT2D eigenvalue weighted by Crippen LogP contribution is -2.33. The predicted octanol–water partition coefficient (Wildman–Crippen LogP) is 4.07. The molecule has 0 saturated heterocycles. The van der Waals surface area contributed by atoms with E-state index in [-0.39, 0.29) is 23.6 Å². The molecule has 6 heteroatoms. The first-order valence-electron chi connectivity index (χ1n) is 8.84. The summed E-state index contributed by atoms with van der Waals surface area (Å²) in [6.07, 6.45) is 0. The Morgan fingerprint density at radius 1 is 1.11 bits per heavy atom. The first kappa shape index (κ1) is 19.2. The molecule has 5 nitrogen and oxygen atoms in total. The third kappa shape index (κ3) is 4.39. The smallest absolute Gasteiger partial charge is 0.254 e. The highest BCUT2D eigenvalue weighted by Crippen LogP contribution is 2.27. The summed E-state index contributed by atoms with van der Waals surface area (Å²) in [6, 6.07) is 13.6. The van der Waals surface area contributed by atoms with Crippen molar-refractivity contribution < 1.29 is 9.59 Å². The number of thioether (sulfide) groups is 1. The molecule has 1 aliphatic heterocycles. The summed E-state index contributed by atoms with van der Waals surface area (Å²) in [6.45, 7) is 7.92. The van der Waals surface area contributed by atoms with Gasteiger partial charge in [0, 0.05) is 5.69 Å². The molecular formula is C21H23N3O2S. The molecule has 0 fully saturated rings. The highest BCUT2D eigenvalue weighted by atomic mass is 32.2. The normalized spacial score (nSPS) is 14.9. The van der Waals surface area contributed by atoms with E-state index < -0.39 is 0 Å². The van der Waals surface area contributed by atoms with E-state index in [4.69, 9.17) is 0 Å². The van der Waals surface area contributed by atoms with E-state index in [2.05, 4.69) is 10.3 Å². The molecule has 3 rings (SSSR count). The number of hydrogen-bond donors (Lipinski definition) is 1. The van der Waals surface area contributed by atoms with Gasteiger partial charge >= 0.3 is 0 Å². The van der Waals surface area contributed by atoms with Crippen LogP contribution in [0.3, 0.4) is 0 Å². The Kier molecular flexibility index (Phi) is 5.65. The predicted molar refractivity (Wildman–Crippen MR) is 113 cm³/mol. The number of aryl methyl sites for hydroxylation is 3. The SMILES string of the molecule is Cc1ccc(N2C(=O)CN=C2S[C@H](C)C(=O)Nc2ccc(C)cc2C)cc1. The van der Waals surface area contributed by atoms with Crippen molar-refractivity contribution in [1.29, 1.82) is 0 Å². The molecule has 0 aliphatic carbocycles. The molecule has 0 unspecified atom stereocenters. The number of carbonyl (C=O) groups is 2. The molecule has 1 N–H and O–H groups in total. The molecule has 27 heavy (non-hydrogen) atoms. The topological polar surface area (TPSA) is 61.8 Å². The summed E-state index contributed by atoms with van der Waals surface area (Å²) in [5.41, 5.74) is 4.88. The van der Waals surface area contributed by atoms with Gasteiger partial charge in [0.1, 0.15) is 6.54 Å². The molecule has 140 valence electrons. The van der Waals surface area contributed by atoms with Gasteiger partial charge in [0.25, 0.3) is 5.91 Å². The van der Waals surface area contributed by atoms with Crippen molar-refractivity contribution in [2.75, 3.05) is 16.8 Å². The van der Waals surface area contributed by atoms with Gasteiger partial charge in [0.05, 0.1) is 10.9 Å². The second-order valence-electron chi connectivity index (χ2n) is 6.73. The third-order valence-corrected chi connectivity index (χ3v) is 5.46. The van der Waals surface area contributed by atoms with Crippen LogP contribution in [0, 0.1) is 20.8 Å². The van der Waals surface area contributed by atoms with Crippen LogP contribution < -0.4 is 10.2 Å². The Morgan fingerprint density at radius 3 is 2.44 bits per heavy atom. The monoisotopic (exact) mass is 381 g/mol. The van der Waals surface area contributed by atoms with Crippen LogP contribution in [-0.4, -0.2) is 28.8 Å². The number of carbonyl (C=O) groups excluding carboxylic acids is 2. The number of nitrogens with one attached hydrogen (secondary N) is 1. The number of amides is 2. The number of anilines is 2. The van der Waals surface area contributed by atoms with Crippen LogP contribution in [0.4, 0.5) is 11.4 Å². The Balaban J connectivity index is 1.70. The maximum atomic E-state index is 12.6. The molecule has 2 aromatic carbocycles. The number of hydrogen-bond acceptors (Lipinski definition) is 4. The van der Waals surface area contributed by atoms with Crippen LogP contribution in [0.15, 0.2) is 47.5 Å². The quantitative estimate of drug-likeness (QED) is 0.868. The molecule has 0 radical (unpaired) electrons. The van der Waals surface area contributed by atoms with Crippen LogP contribution >= 0.6 is 11.8 Å². The van der Waals surface area contributed by atoms with E-state index in [1.165, 1.54) is 11.8 Å². The Labute approximate surface area is 163 Å². The van der Waals surface area contributed by atoms with Gasteiger partial charge in [-0.05, 0) is 51.5 Å². The highest BCUT2D eigenvalue weighted by molar-refractivity contribution is 8.15. The van der Waals surface area contributed by atoms with Crippen molar-refractivity contribution in [1.82, 2.24) is 0 Å². The summed E-state index contributed by atoms with van der Waals surface area (Å²) in [7, 11) is 0. The largest absolute Gasteiger partial charge is 0.325 e. The first-order valence-corrected chi connectivity index (χ1v) is 9.72. The van der Waals surface area contributed by atoms with Gasteiger partial charge in [-0.2, -0.15) is 0 Å². The van der Waals surface area contributed by atoms with Gasteiger partial charge in [0.2, 0.25) is 5.91 Å². The van der Waals surface area contributed by atoms with Crippen molar-refractivity contribution in [3.63, 3.8) is 0 Å². The lowest BCUT2D eigenvalue weighted by atomic mass is 10.1. The highest BCUT2D eigenvalue weighted by Gasteiger charge is 2.30. The fourth-order valence-corrected chi connectivity index (χ4v) is 3.76. The van der Waals surface area contributed by atoms with Crippen LogP contribution in [0.5, 0.6) is 0 Å². The molecule has 1 atom stereocenters. The van der Waals surface area contributed by atoms with E-state index in [1.54, 1.807) is 4.90 Å². The maximum Gasteiger partial charge on any atom is 0.254 e. The van der Waals surface area contributed by atoms with E-state index in [0.29, 0.717) is 5.17 Å². The van der Waals surface area contributed by atoms with Gasteiger partial charge < -0.3 is 5.32 Å². The number of nitrogens with zero attached hydrogens (tertiary/aromatic N) is 2. The molecule has 0 spiro atoms. The van der Waals surface area contributed by atoms with E-state index >= 15 is 0 Å². The van der Waals surface area contributed by atoms with Gasteiger partial charge in [-0.25, -0.2) is 0 Å². The minimum Gasteiger partial charge on any atom is -0.325 e. The second-order valence-corrected chi connectivity index (χ2v) is 8.04. The van der Waals surface area contributed by atoms with Gasteiger partial charge in [-0.1, -0.05) is 47.2 Å². The number of rotatable bonds is 4. The van der Waals surface area contributed by atoms with Crippen molar-refractivity contribution in [3.8, 4) is 0 Å². The standard InChI is InChI=1S/C21H23N3O2S/c1-13-5-8-17(9-6-13)24-19(25)12-22-21(24)27-16(4)20(26)23-18-10-7-14(2)11-15(18)3/h5-11,16H,12H2,1-4H3,(H,23,26)/t16-/m1/s1. The number of benzene rings is 2. The van der Waals surface area contributed by atoms with Gasteiger partial charge in [0.15, 0.2) is 5.17 Å². The summed E-state index contributed by atoms with van der Waals surface area (Å²) in [5, 5.41) is 3.14. The zero-order valence-corrected chi connectivity index (χ0v) is 16.8. The van der Waals surface area contributed by atoms with Crippen LogP contribution in [0.2, 0.25) is 0 Å². The fourth-order valence-electron chi connectivity index (χ4n) is 2.82. The van der Waals surface area contributed by atoms with Gasteiger partial charge in [-0.3, -0.25) is 19.5 Å². The second kappa shape index (κ2) is 7.96. The molecule has 0 aromatic heterocycles. The molecule has 0 bridgehead atoms. The lowest BCUT2D eigenvalue weighted by Gasteiger charge is -2.20. The summed E-state index contributed by atoms with van der Waals surface area (Å²) < 4.78 is 0. The molecule has 1 aliphatic rings. The number of aliphatic imine (C=N–C) groups is 1. The van der Waals surface area contributed by atoms with E-state index in [0.717, 1.165) is 28.1 Å². The molecule has 2 amide bonds. The van der Waals surface area contributed by atoms with E-state index in [9.17, 15) is 9.59 Å². The van der Waals surface area contributed by atoms with Crippen molar-refractivity contribution in [2.45, 2.75) is 32.9 Å².